The molecule has 0 bridgehead atoms. The van der Waals surface area contributed by atoms with Gasteiger partial charge in [0.25, 0.3) is 5.91 Å². The number of amides is 4. The first-order valence-corrected chi connectivity index (χ1v) is 13.6. The highest BCUT2D eigenvalue weighted by Crippen LogP contribution is 2.18. The van der Waals surface area contributed by atoms with Gasteiger partial charge < -0.3 is 25.8 Å². The average molecular weight is 556 g/mol. The molecule has 40 heavy (non-hydrogen) atoms. The van der Waals surface area contributed by atoms with Gasteiger partial charge in [-0.25, -0.2) is 4.39 Å². The van der Waals surface area contributed by atoms with Gasteiger partial charge in [-0.15, -0.1) is 0 Å². The number of allylic oxidation sites excluding steroid dienone is 1. The minimum atomic E-state index is -1.03. The van der Waals surface area contributed by atoms with Gasteiger partial charge in [-0.2, -0.15) is 0 Å². The van der Waals surface area contributed by atoms with Crippen molar-refractivity contribution in [2.45, 2.75) is 71.5 Å². The maximum atomic E-state index is 13.6. The number of halogens is 1. The van der Waals surface area contributed by atoms with Crippen molar-refractivity contribution in [3.05, 3.63) is 65.3 Å². The molecule has 4 atom stereocenters. The molecule has 216 valence electrons. The molecule has 1 saturated heterocycles. The molecule has 11 heteroatoms. The molecule has 10 nitrogen and oxygen atoms in total. The lowest BCUT2D eigenvalue weighted by molar-refractivity contribution is -0.131. The number of rotatable bonds is 12. The zero-order chi connectivity index (χ0) is 29.2. The molecule has 0 radical (unpaired) electrons. The van der Waals surface area contributed by atoms with Gasteiger partial charge in [0, 0.05) is 31.0 Å². The summed E-state index contributed by atoms with van der Waals surface area (Å²) in [5.41, 5.74) is 0.678. The van der Waals surface area contributed by atoms with Gasteiger partial charge in [-0.1, -0.05) is 43.3 Å². The Bertz CT molecular complexity index is 1210. The van der Waals surface area contributed by atoms with Crippen molar-refractivity contribution < 1.29 is 28.1 Å². The monoisotopic (exact) mass is 555 g/mol. The van der Waals surface area contributed by atoms with Crippen LogP contribution >= 0.6 is 0 Å². The number of hydrogen-bond donors (Lipinski definition) is 4. The van der Waals surface area contributed by atoms with Crippen LogP contribution in [0.25, 0.3) is 0 Å². The third-order valence-corrected chi connectivity index (χ3v) is 6.77. The summed E-state index contributed by atoms with van der Waals surface area (Å²) in [6.45, 7) is 7.66. The number of nitrogens with zero attached hydrogens (tertiary/aromatic N) is 1. The highest BCUT2D eigenvalue weighted by Gasteiger charge is 2.31. The zero-order valence-corrected chi connectivity index (χ0v) is 23.3. The second-order valence-electron chi connectivity index (χ2n) is 10.4. The quantitative estimate of drug-likeness (QED) is 0.297. The Kier molecular flexibility index (Phi) is 11.0. The predicted molar refractivity (Wildman–Crippen MR) is 146 cm³/mol. The Morgan fingerprint density at radius 1 is 1.15 bits per heavy atom. The van der Waals surface area contributed by atoms with E-state index < -0.39 is 41.7 Å². The van der Waals surface area contributed by atoms with Gasteiger partial charge in [-0.3, -0.25) is 19.2 Å². The molecule has 2 aromatic rings. The summed E-state index contributed by atoms with van der Waals surface area (Å²) in [4.78, 5) is 52.0. The second kappa shape index (κ2) is 14.4. The van der Waals surface area contributed by atoms with E-state index in [1.165, 1.54) is 18.2 Å². The maximum absolute atomic E-state index is 13.6. The molecule has 0 saturated carbocycles. The standard InChI is InChI=1S/C29H38FN5O5/c1-5-7-22(16-20-8-6-13-31-26(20)36)32-27(37)23(15-19-9-11-21(30)12-10-19)33-29(39)25(17(2)3)34-28(38)24-14-18(4)40-35-24/h5,7,9-12,14,17,20,22-23,25H,6,8,13,15-16H2,1-4H3,(H,31,36)(H,32,37)(H,33,39)(H,34,38)/b7-5+/t20-,22+,23-,25-/m0/s1. The van der Waals surface area contributed by atoms with Crippen molar-refractivity contribution in [3.63, 3.8) is 0 Å². The van der Waals surface area contributed by atoms with Crippen LogP contribution in [0.2, 0.25) is 0 Å². The first-order chi connectivity index (χ1) is 19.1. The Balaban J connectivity index is 1.78. The van der Waals surface area contributed by atoms with E-state index in [4.69, 9.17) is 4.52 Å². The average Bonchev–Trinajstić information content (AvgIpc) is 3.35. The van der Waals surface area contributed by atoms with Gasteiger partial charge in [-0.05, 0) is 56.7 Å². The number of carbonyl (C=O) groups excluding carboxylic acids is 4. The summed E-state index contributed by atoms with van der Waals surface area (Å²) in [5, 5.41) is 15.0. The van der Waals surface area contributed by atoms with Crippen LogP contribution in [0.15, 0.2) is 47.0 Å². The van der Waals surface area contributed by atoms with Crippen LogP contribution in [0.4, 0.5) is 4.39 Å². The number of benzene rings is 1. The largest absolute Gasteiger partial charge is 0.361 e. The van der Waals surface area contributed by atoms with Gasteiger partial charge >= 0.3 is 0 Å². The van der Waals surface area contributed by atoms with E-state index in [2.05, 4.69) is 26.4 Å². The van der Waals surface area contributed by atoms with Crippen LogP contribution in [0.5, 0.6) is 0 Å². The first kappa shape index (κ1) is 30.5. The van der Waals surface area contributed by atoms with Crippen molar-refractivity contribution in [3.8, 4) is 0 Å². The first-order valence-electron chi connectivity index (χ1n) is 13.6. The summed E-state index contributed by atoms with van der Waals surface area (Å²) >= 11 is 0. The minimum Gasteiger partial charge on any atom is -0.361 e. The fraction of sp³-hybridized carbons (Fsp3) is 0.483. The molecule has 0 spiro atoms. The number of hydrogen-bond acceptors (Lipinski definition) is 6. The minimum absolute atomic E-state index is 0.0380. The van der Waals surface area contributed by atoms with E-state index >= 15 is 0 Å². The molecule has 0 unspecified atom stereocenters. The smallest absolute Gasteiger partial charge is 0.274 e. The molecule has 2 heterocycles. The molecule has 1 aliphatic heterocycles. The summed E-state index contributed by atoms with van der Waals surface area (Å²) in [6.07, 6.45) is 5.72. The lowest BCUT2D eigenvalue weighted by Gasteiger charge is -2.28. The fourth-order valence-corrected chi connectivity index (χ4v) is 4.62. The van der Waals surface area contributed by atoms with Crippen LogP contribution in [-0.4, -0.2) is 53.5 Å². The van der Waals surface area contributed by atoms with Gasteiger partial charge in [0.15, 0.2) is 5.69 Å². The molecular formula is C29H38FN5O5. The van der Waals surface area contributed by atoms with Crippen LogP contribution < -0.4 is 21.3 Å². The molecule has 4 N–H and O–H groups in total. The third kappa shape index (κ3) is 8.75. The second-order valence-corrected chi connectivity index (χ2v) is 10.4. The lowest BCUT2D eigenvalue weighted by Crippen LogP contribution is -2.57. The van der Waals surface area contributed by atoms with Gasteiger partial charge in [0.05, 0.1) is 0 Å². The summed E-state index contributed by atoms with van der Waals surface area (Å²) in [5.74, 6) is -2.15. The summed E-state index contributed by atoms with van der Waals surface area (Å²) in [7, 11) is 0. The van der Waals surface area contributed by atoms with Gasteiger partial charge in [0.1, 0.15) is 23.7 Å². The van der Waals surface area contributed by atoms with E-state index in [0.29, 0.717) is 24.3 Å². The van der Waals surface area contributed by atoms with Crippen molar-refractivity contribution in [2.24, 2.45) is 11.8 Å². The van der Waals surface area contributed by atoms with E-state index in [1.807, 2.05) is 13.0 Å². The van der Waals surface area contributed by atoms with Crippen molar-refractivity contribution in [1.29, 1.82) is 0 Å². The molecule has 1 fully saturated rings. The number of piperidine rings is 1. The fourth-order valence-electron chi connectivity index (χ4n) is 4.62. The Morgan fingerprint density at radius 2 is 1.88 bits per heavy atom. The normalized spacial score (nSPS) is 17.6. The Hall–Kier alpha value is -4.02. The SMILES string of the molecule is C/C=C/[C@H](C[C@@H]1CCCNC1=O)NC(=O)[C@H](Cc1ccc(F)cc1)NC(=O)[C@@H](NC(=O)c1cc(C)on1)C(C)C. The Labute approximate surface area is 233 Å². The molecule has 1 aromatic heterocycles. The van der Waals surface area contributed by atoms with E-state index in [9.17, 15) is 23.6 Å². The maximum Gasteiger partial charge on any atom is 0.274 e. The van der Waals surface area contributed by atoms with Crippen LogP contribution in [0.3, 0.4) is 0 Å². The van der Waals surface area contributed by atoms with E-state index in [0.717, 1.165) is 12.8 Å². The highest BCUT2D eigenvalue weighted by atomic mass is 19.1. The molecule has 1 aliphatic rings. The molecule has 3 rings (SSSR count). The number of aromatic nitrogens is 1. The topological polar surface area (TPSA) is 142 Å². The highest BCUT2D eigenvalue weighted by molar-refractivity contribution is 5.97. The van der Waals surface area contributed by atoms with E-state index in [1.54, 1.807) is 39.0 Å². The number of aryl methyl sites for hydroxylation is 1. The molecular weight excluding hydrogens is 517 g/mol. The van der Waals surface area contributed by atoms with Crippen LogP contribution in [0, 0.1) is 24.6 Å². The molecule has 0 aliphatic carbocycles. The van der Waals surface area contributed by atoms with Gasteiger partial charge in [0.2, 0.25) is 17.7 Å². The van der Waals surface area contributed by atoms with Crippen LogP contribution in [0.1, 0.15) is 61.8 Å². The third-order valence-electron chi connectivity index (χ3n) is 6.77. The van der Waals surface area contributed by atoms with Crippen molar-refractivity contribution in [1.82, 2.24) is 26.4 Å². The summed E-state index contributed by atoms with van der Waals surface area (Å²) < 4.78 is 18.5. The van der Waals surface area contributed by atoms with Crippen molar-refractivity contribution >= 4 is 23.6 Å². The van der Waals surface area contributed by atoms with E-state index in [-0.39, 0.29) is 29.9 Å². The number of nitrogens with one attached hydrogen (secondary N) is 4. The lowest BCUT2D eigenvalue weighted by atomic mass is 9.91. The van der Waals surface area contributed by atoms with Crippen molar-refractivity contribution in [2.75, 3.05) is 6.54 Å². The summed E-state index contributed by atoms with van der Waals surface area (Å²) in [6, 6.07) is 4.70. The molecule has 1 aromatic carbocycles. The molecule has 4 amide bonds. The van der Waals surface area contributed by atoms with Crippen LogP contribution in [-0.2, 0) is 20.8 Å². The Morgan fingerprint density at radius 3 is 2.48 bits per heavy atom. The zero-order valence-electron chi connectivity index (χ0n) is 23.3. The predicted octanol–water partition coefficient (Wildman–Crippen LogP) is 2.58. The number of carbonyl (C=O) groups is 4.